The molecule has 0 aromatic heterocycles. The van der Waals surface area contributed by atoms with Gasteiger partial charge in [-0.25, -0.2) is 4.39 Å². The predicted molar refractivity (Wildman–Crippen MR) is 103 cm³/mol. The number of halogens is 1. The van der Waals surface area contributed by atoms with E-state index in [4.69, 9.17) is 4.74 Å². The van der Waals surface area contributed by atoms with Gasteiger partial charge in [-0.05, 0) is 49.1 Å². The Balaban J connectivity index is 1.73. The second kappa shape index (κ2) is 8.09. The molecule has 1 aliphatic carbocycles. The van der Waals surface area contributed by atoms with Gasteiger partial charge in [0, 0.05) is 30.8 Å². The molecule has 5 heteroatoms. The maximum atomic E-state index is 14.3. The van der Waals surface area contributed by atoms with Crippen molar-refractivity contribution in [2.24, 2.45) is 0 Å². The van der Waals surface area contributed by atoms with Crippen LogP contribution in [0.15, 0.2) is 42.5 Å². The smallest absolute Gasteiger partial charge is 0.253 e. The highest BCUT2D eigenvalue weighted by molar-refractivity contribution is 5.95. The molecule has 1 amide bonds. The molecule has 1 saturated carbocycles. The summed E-state index contributed by atoms with van der Waals surface area (Å²) < 4.78 is 19.4. The largest absolute Gasteiger partial charge is 0.497 e. The molecular weight excluding hydrogens is 345 g/mol. The molecule has 0 saturated heterocycles. The molecule has 0 atom stereocenters. The summed E-state index contributed by atoms with van der Waals surface area (Å²) in [7, 11) is 3.23. The standard InChI is InChI=1S/C22H26FNO3/c1-24(13-12-22(26)10-3-4-11-22)21(25)17-7-5-6-16(14-17)19-9-8-18(27-2)15-20(19)23/h5-9,14-15,26H,3-4,10-13H2,1-2H3. The van der Waals surface area contributed by atoms with E-state index in [-0.39, 0.29) is 5.91 Å². The third kappa shape index (κ3) is 4.48. The van der Waals surface area contributed by atoms with Crippen molar-refractivity contribution in [2.45, 2.75) is 37.7 Å². The highest BCUT2D eigenvalue weighted by Gasteiger charge is 2.31. The van der Waals surface area contributed by atoms with Crippen LogP contribution in [0.3, 0.4) is 0 Å². The number of hydrogen-bond donors (Lipinski definition) is 1. The van der Waals surface area contributed by atoms with E-state index in [1.807, 2.05) is 0 Å². The van der Waals surface area contributed by atoms with E-state index in [0.29, 0.717) is 35.4 Å². The Morgan fingerprint density at radius 2 is 1.96 bits per heavy atom. The first-order valence-electron chi connectivity index (χ1n) is 9.34. The Morgan fingerprint density at radius 3 is 2.63 bits per heavy atom. The van der Waals surface area contributed by atoms with Gasteiger partial charge >= 0.3 is 0 Å². The number of rotatable bonds is 6. The second-order valence-electron chi connectivity index (χ2n) is 7.33. The van der Waals surface area contributed by atoms with E-state index in [0.717, 1.165) is 25.7 Å². The third-order valence-electron chi connectivity index (χ3n) is 5.39. The van der Waals surface area contributed by atoms with Crippen molar-refractivity contribution in [3.8, 4) is 16.9 Å². The van der Waals surface area contributed by atoms with Gasteiger partial charge in [-0.2, -0.15) is 0 Å². The molecule has 1 aliphatic rings. The fraction of sp³-hybridized carbons (Fsp3) is 0.409. The predicted octanol–water partition coefficient (Wildman–Crippen LogP) is 4.27. The minimum absolute atomic E-state index is 0.132. The number of ether oxygens (including phenoxy) is 1. The topological polar surface area (TPSA) is 49.8 Å². The van der Waals surface area contributed by atoms with E-state index >= 15 is 0 Å². The van der Waals surface area contributed by atoms with Crippen LogP contribution in [0, 0.1) is 5.82 Å². The van der Waals surface area contributed by atoms with E-state index in [1.165, 1.54) is 13.2 Å². The zero-order valence-corrected chi connectivity index (χ0v) is 15.9. The van der Waals surface area contributed by atoms with Gasteiger partial charge in [-0.15, -0.1) is 0 Å². The average molecular weight is 371 g/mol. The van der Waals surface area contributed by atoms with E-state index in [2.05, 4.69) is 0 Å². The highest BCUT2D eigenvalue weighted by Crippen LogP contribution is 2.32. The summed E-state index contributed by atoms with van der Waals surface area (Å²) in [6, 6.07) is 11.6. The molecule has 0 radical (unpaired) electrons. The van der Waals surface area contributed by atoms with Crippen molar-refractivity contribution in [1.29, 1.82) is 0 Å². The first-order valence-corrected chi connectivity index (χ1v) is 9.34. The number of benzene rings is 2. The Bertz CT molecular complexity index is 815. The van der Waals surface area contributed by atoms with Gasteiger partial charge in [-0.3, -0.25) is 4.79 Å². The zero-order valence-electron chi connectivity index (χ0n) is 15.9. The molecule has 0 heterocycles. The fourth-order valence-corrected chi connectivity index (χ4v) is 3.66. The van der Waals surface area contributed by atoms with E-state index in [9.17, 15) is 14.3 Å². The molecule has 0 bridgehead atoms. The molecule has 0 unspecified atom stereocenters. The van der Waals surface area contributed by atoms with Crippen LogP contribution in [0.1, 0.15) is 42.5 Å². The number of carbonyl (C=O) groups is 1. The van der Waals surface area contributed by atoms with Crippen LogP contribution in [-0.2, 0) is 0 Å². The van der Waals surface area contributed by atoms with Gasteiger partial charge in [-0.1, -0.05) is 25.0 Å². The number of amides is 1. The number of methoxy groups -OCH3 is 1. The molecule has 144 valence electrons. The lowest BCUT2D eigenvalue weighted by atomic mass is 9.97. The minimum atomic E-state index is -0.636. The molecule has 2 aromatic carbocycles. The molecule has 0 spiro atoms. The van der Waals surface area contributed by atoms with Crippen molar-refractivity contribution < 1.29 is 19.0 Å². The molecule has 1 N–H and O–H groups in total. The van der Waals surface area contributed by atoms with Crippen LogP contribution in [0.2, 0.25) is 0 Å². The van der Waals surface area contributed by atoms with Crippen molar-refractivity contribution in [3.63, 3.8) is 0 Å². The van der Waals surface area contributed by atoms with Crippen molar-refractivity contribution >= 4 is 5.91 Å². The van der Waals surface area contributed by atoms with Gasteiger partial charge in [0.2, 0.25) is 0 Å². The van der Waals surface area contributed by atoms with Crippen LogP contribution in [0.25, 0.3) is 11.1 Å². The first-order chi connectivity index (χ1) is 12.9. The normalized spacial score (nSPS) is 15.6. The number of carbonyl (C=O) groups excluding carboxylic acids is 1. The van der Waals surface area contributed by atoms with E-state index < -0.39 is 11.4 Å². The van der Waals surface area contributed by atoms with E-state index in [1.54, 1.807) is 48.3 Å². The fourth-order valence-electron chi connectivity index (χ4n) is 3.66. The molecular formula is C22H26FNO3. The maximum Gasteiger partial charge on any atom is 0.253 e. The summed E-state index contributed by atoms with van der Waals surface area (Å²) in [5.41, 5.74) is 0.934. The maximum absolute atomic E-state index is 14.3. The lowest BCUT2D eigenvalue weighted by Crippen LogP contribution is -2.34. The average Bonchev–Trinajstić information content (AvgIpc) is 3.12. The number of nitrogens with zero attached hydrogens (tertiary/aromatic N) is 1. The molecule has 27 heavy (non-hydrogen) atoms. The van der Waals surface area contributed by atoms with Crippen LogP contribution in [0.4, 0.5) is 4.39 Å². The molecule has 2 aromatic rings. The highest BCUT2D eigenvalue weighted by atomic mass is 19.1. The van der Waals surface area contributed by atoms with Gasteiger partial charge in [0.15, 0.2) is 0 Å². The van der Waals surface area contributed by atoms with Gasteiger partial charge in [0.05, 0.1) is 12.7 Å². The SMILES string of the molecule is COc1ccc(-c2cccc(C(=O)N(C)CCC3(O)CCCC3)c2)c(F)c1. The summed E-state index contributed by atoms with van der Waals surface area (Å²) in [6.45, 7) is 0.496. The monoisotopic (exact) mass is 371 g/mol. The Labute approximate surface area is 159 Å². The Hall–Kier alpha value is -2.40. The van der Waals surface area contributed by atoms with Crippen LogP contribution < -0.4 is 4.74 Å². The second-order valence-corrected chi connectivity index (χ2v) is 7.33. The third-order valence-corrected chi connectivity index (χ3v) is 5.39. The zero-order chi connectivity index (χ0) is 19.4. The van der Waals surface area contributed by atoms with Crippen LogP contribution >= 0.6 is 0 Å². The molecule has 0 aliphatic heterocycles. The first kappa shape index (κ1) is 19.4. The summed E-state index contributed by atoms with van der Waals surface area (Å²) in [6.07, 6.45) is 4.29. The number of hydrogen-bond acceptors (Lipinski definition) is 3. The Kier molecular flexibility index (Phi) is 5.80. The lowest BCUT2D eigenvalue weighted by molar-refractivity contribution is 0.0296. The Morgan fingerprint density at radius 1 is 1.22 bits per heavy atom. The van der Waals surface area contributed by atoms with Gasteiger partial charge in [0.25, 0.3) is 5.91 Å². The van der Waals surface area contributed by atoms with Crippen LogP contribution in [-0.4, -0.2) is 42.2 Å². The van der Waals surface area contributed by atoms with Gasteiger partial charge in [0.1, 0.15) is 11.6 Å². The summed E-state index contributed by atoms with van der Waals surface area (Å²) >= 11 is 0. The summed E-state index contributed by atoms with van der Waals surface area (Å²) in [5, 5.41) is 10.5. The minimum Gasteiger partial charge on any atom is -0.497 e. The summed E-state index contributed by atoms with van der Waals surface area (Å²) in [5.74, 6) is -0.0730. The summed E-state index contributed by atoms with van der Waals surface area (Å²) in [4.78, 5) is 14.4. The molecule has 3 rings (SSSR count). The molecule has 1 fully saturated rings. The quantitative estimate of drug-likeness (QED) is 0.825. The van der Waals surface area contributed by atoms with Crippen molar-refractivity contribution in [1.82, 2.24) is 4.90 Å². The van der Waals surface area contributed by atoms with Gasteiger partial charge < -0.3 is 14.7 Å². The van der Waals surface area contributed by atoms with Crippen molar-refractivity contribution in [3.05, 3.63) is 53.8 Å². The molecule has 4 nitrogen and oxygen atoms in total. The number of aliphatic hydroxyl groups is 1. The lowest BCUT2D eigenvalue weighted by Gasteiger charge is -2.26. The van der Waals surface area contributed by atoms with Crippen LogP contribution in [0.5, 0.6) is 5.75 Å². The van der Waals surface area contributed by atoms with Crippen molar-refractivity contribution in [2.75, 3.05) is 20.7 Å².